The summed E-state index contributed by atoms with van der Waals surface area (Å²) in [5.41, 5.74) is 1.23. The molecular weight excluding hydrogens is 274 g/mol. The van der Waals surface area contributed by atoms with E-state index >= 15 is 0 Å². The zero-order chi connectivity index (χ0) is 15.0. The number of carboxylic acid groups (broad SMARTS) is 1. The Bertz CT molecular complexity index is 500. The van der Waals surface area contributed by atoms with Crippen LogP contribution in [0.15, 0.2) is 30.3 Å². The first-order valence-corrected chi connectivity index (χ1v) is 7.73. The van der Waals surface area contributed by atoms with Crippen molar-refractivity contribution in [2.75, 3.05) is 12.0 Å². The van der Waals surface area contributed by atoms with Crippen LogP contribution in [0.3, 0.4) is 0 Å². The van der Waals surface area contributed by atoms with Crippen LogP contribution in [0.5, 0.6) is 0 Å². The third-order valence-corrected chi connectivity index (χ3v) is 3.34. The summed E-state index contributed by atoms with van der Waals surface area (Å²) < 4.78 is 0. The van der Waals surface area contributed by atoms with Crippen molar-refractivity contribution in [1.29, 1.82) is 0 Å². The van der Waals surface area contributed by atoms with Gasteiger partial charge in [0.25, 0.3) is 5.91 Å². The molecule has 0 aliphatic heterocycles. The lowest BCUT2D eigenvalue weighted by Crippen LogP contribution is -2.32. The number of aliphatic carboxylic acids is 1. The van der Waals surface area contributed by atoms with E-state index in [0.717, 1.165) is 18.2 Å². The van der Waals surface area contributed by atoms with Crippen molar-refractivity contribution in [2.45, 2.75) is 19.4 Å². The molecule has 2 N–H and O–H groups in total. The van der Waals surface area contributed by atoms with Gasteiger partial charge in [-0.25, -0.2) is 4.79 Å². The lowest BCUT2D eigenvalue weighted by Gasteiger charge is -2.13. The molecule has 4 nitrogen and oxygen atoms in total. The molecule has 1 rings (SSSR count). The summed E-state index contributed by atoms with van der Waals surface area (Å²) in [7, 11) is 0. The summed E-state index contributed by atoms with van der Waals surface area (Å²) in [6, 6.07) is 7.01. The molecule has 1 aromatic carbocycles. The van der Waals surface area contributed by atoms with E-state index in [1.807, 2.05) is 13.2 Å². The Hall–Kier alpha value is -1.75. The highest BCUT2D eigenvalue weighted by Gasteiger charge is 2.09. The van der Waals surface area contributed by atoms with Gasteiger partial charge in [-0.3, -0.25) is 4.79 Å². The normalized spacial score (nSPS) is 12.3. The summed E-state index contributed by atoms with van der Waals surface area (Å²) >= 11 is 1.75. The predicted octanol–water partition coefficient (Wildman–Crippen LogP) is 2.66. The van der Waals surface area contributed by atoms with E-state index in [4.69, 9.17) is 5.11 Å². The van der Waals surface area contributed by atoms with Crippen LogP contribution < -0.4 is 5.32 Å². The predicted molar refractivity (Wildman–Crippen MR) is 83.0 cm³/mol. The highest BCUT2D eigenvalue weighted by atomic mass is 32.2. The Kier molecular flexibility index (Phi) is 6.87. The first-order chi connectivity index (χ1) is 9.52. The molecule has 0 aliphatic carbocycles. The lowest BCUT2D eigenvalue weighted by molar-refractivity contribution is -0.131. The standard InChI is InChI=1S/C15H19NO3S/c1-11(8-9-20-2)16-15(19)13-5-3-4-12(10-13)6-7-14(17)18/h3-7,10-11H,8-9H2,1-2H3,(H,16,19)(H,17,18)/b7-6+. The molecule has 0 aliphatic rings. The van der Waals surface area contributed by atoms with E-state index in [0.29, 0.717) is 11.1 Å². The highest BCUT2D eigenvalue weighted by molar-refractivity contribution is 7.98. The van der Waals surface area contributed by atoms with Crippen LogP contribution in [-0.4, -0.2) is 35.0 Å². The highest BCUT2D eigenvalue weighted by Crippen LogP contribution is 2.08. The Morgan fingerprint density at radius 2 is 2.20 bits per heavy atom. The Labute approximate surface area is 123 Å². The molecule has 0 aromatic heterocycles. The monoisotopic (exact) mass is 293 g/mol. The van der Waals surface area contributed by atoms with Crippen molar-refractivity contribution in [3.8, 4) is 0 Å². The Morgan fingerprint density at radius 1 is 1.45 bits per heavy atom. The fraction of sp³-hybridized carbons (Fsp3) is 0.333. The number of amides is 1. The second-order valence-electron chi connectivity index (χ2n) is 4.45. The van der Waals surface area contributed by atoms with Crippen LogP contribution in [0.2, 0.25) is 0 Å². The molecule has 20 heavy (non-hydrogen) atoms. The maximum Gasteiger partial charge on any atom is 0.328 e. The largest absolute Gasteiger partial charge is 0.478 e. The minimum absolute atomic E-state index is 0.119. The van der Waals surface area contributed by atoms with Crippen molar-refractivity contribution in [3.05, 3.63) is 41.5 Å². The molecule has 1 unspecified atom stereocenters. The summed E-state index contributed by atoms with van der Waals surface area (Å²) in [6.07, 6.45) is 5.48. The van der Waals surface area contributed by atoms with Crippen LogP contribution in [0, 0.1) is 0 Å². The number of carboxylic acids is 1. The third kappa shape index (κ3) is 5.93. The van der Waals surface area contributed by atoms with Crippen molar-refractivity contribution < 1.29 is 14.7 Å². The van der Waals surface area contributed by atoms with Gasteiger partial charge in [0.1, 0.15) is 0 Å². The molecule has 0 fully saturated rings. The van der Waals surface area contributed by atoms with E-state index in [-0.39, 0.29) is 11.9 Å². The van der Waals surface area contributed by atoms with E-state index in [1.54, 1.807) is 36.0 Å². The maximum absolute atomic E-state index is 12.1. The van der Waals surface area contributed by atoms with Gasteiger partial charge in [-0.15, -0.1) is 0 Å². The van der Waals surface area contributed by atoms with Crippen molar-refractivity contribution in [2.24, 2.45) is 0 Å². The number of benzene rings is 1. The Balaban J connectivity index is 2.68. The fourth-order valence-corrected chi connectivity index (χ4v) is 2.21. The molecule has 5 heteroatoms. The summed E-state index contributed by atoms with van der Waals surface area (Å²) in [5.74, 6) is -0.141. The first-order valence-electron chi connectivity index (χ1n) is 6.34. The quantitative estimate of drug-likeness (QED) is 0.759. The van der Waals surface area contributed by atoms with Gasteiger partial charge in [-0.1, -0.05) is 12.1 Å². The average Bonchev–Trinajstić information content (AvgIpc) is 2.43. The molecule has 0 spiro atoms. The van der Waals surface area contributed by atoms with Gasteiger partial charge in [-0.2, -0.15) is 11.8 Å². The second kappa shape index (κ2) is 8.43. The summed E-state index contributed by atoms with van der Waals surface area (Å²) in [6.45, 7) is 1.97. The molecule has 1 amide bonds. The molecular formula is C15H19NO3S. The first kappa shape index (κ1) is 16.3. The van der Waals surface area contributed by atoms with E-state index < -0.39 is 5.97 Å². The lowest BCUT2D eigenvalue weighted by atomic mass is 10.1. The van der Waals surface area contributed by atoms with Gasteiger partial charge in [0.05, 0.1) is 0 Å². The molecule has 0 saturated carbocycles. The van der Waals surface area contributed by atoms with Crippen LogP contribution in [0.1, 0.15) is 29.3 Å². The molecule has 0 heterocycles. The molecule has 0 radical (unpaired) electrons. The fourth-order valence-electron chi connectivity index (χ4n) is 1.63. The smallest absolute Gasteiger partial charge is 0.328 e. The SMILES string of the molecule is CSCCC(C)NC(=O)c1cccc(/C=C/C(=O)O)c1. The molecule has 1 aromatic rings. The van der Waals surface area contributed by atoms with Gasteiger partial charge >= 0.3 is 5.97 Å². The van der Waals surface area contributed by atoms with Gasteiger partial charge < -0.3 is 10.4 Å². The molecule has 0 bridgehead atoms. The topological polar surface area (TPSA) is 66.4 Å². The molecule has 0 saturated heterocycles. The van der Waals surface area contributed by atoms with Crippen molar-refractivity contribution in [1.82, 2.24) is 5.32 Å². The van der Waals surface area contributed by atoms with Crippen LogP contribution in [0.25, 0.3) is 6.08 Å². The summed E-state index contributed by atoms with van der Waals surface area (Å²) in [5, 5.41) is 11.5. The maximum atomic E-state index is 12.1. The minimum atomic E-state index is -1.01. The number of carbonyl (C=O) groups excluding carboxylic acids is 1. The van der Waals surface area contributed by atoms with E-state index in [1.165, 1.54) is 6.08 Å². The third-order valence-electron chi connectivity index (χ3n) is 2.70. The molecule has 1 atom stereocenters. The van der Waals surface area contributed by atoms with Gasteiger partial charge in [0.15, 0.2) is 0 Å². The van der Waals surface area contributed by atoms with Gasteiger partial charge in [0, 0.05) is 17.7 Å². The van der Waals surface area contributed by atoms with Gasteiger partial charge in [0.2, 0.25) is 0 Å². The summed E-state index contributed by atoms with van der Waals surface area (Å²) in [4.78, 5) is 22.5. The minimum Gasteiger partial charge on any atom is -0.478 e. The van der Waals surface area contributed by atoms with Crippen LogP contribution in [0.4, 0.5) is 0 Å². The number of hydrogen-bond donors (Lipinski definition) is 2. The van der Waals surface area contributed by atoms with Crippen LogP contribution in [-0.2, 0) is 4.79 Å². The second-order valence-corrected chi connectivity index (χ2v) is 5.44. The van der Waals surface area contributed by atoms with E-state index in [9.17, 15) is 9.59 Å². The zero-order valence-electron chi connectivity index (χ0n) is 11.6. The van der Waals surface area contributed by atoms with Gasteiger partial charge in [-0.05, 0) is 49.1 Å². The van der Waals surface area contributed by atoms with Crippen molar-refractivity contribution in [3.63, 3.8) is 0 Å². The zero-order valence-corrected chi connectivity index (χ0v) is 12.4. The number of rotatable bonds is 7. The number of hydrogen-bond acceptors (Lipinski definition) is 3. The van der Waals surface area contributed by atoms with Crippen molar-refractivity contribution >= 4 is 29.7 Å². The Morgan fingerprint density at radius 3 is 2.85 bits per heavy atom. The number of thioether (sulfide) groups is 1. The number of nitrogens with one attached hydrogen (secondary N) is 1. The average molecular weight is 293 g/mol. The van der Waals surface area contributed by atoms with Crippen LogP contribution >= 0.6 is 11.8 Å². The van der Waals surface area contributed by atoms with E-state index in [2.05, 4.69) is 5.32 Å². The number of carbonyl (C=O) groups is 2. The molecule has 108 valence electrons.